The molecule has 0 heterocycles. The van der Waals surface area contributed by atoms with Crippen molar-refractivity contribution < 1.29 is 13.6 Å². The van der Waals surface area contributed by atoms with Gasteiger partial charge in [0.2, 0.25) is 0 Å². The van der Waals surface area contributed by atoms with Crippen LogP contribution in [0.15, 0.2) is 29.4 Å². The Bertz CT molecular complexity index is 466. The molecule has 0 aliphatic heterocycles. The van der Waals surface area contributed by atoms with E-state index in [4.69, 9.17) is 16.1 Å². The fourth-order valence-corrected chi connectivity index (χ4v) is 1.40. The third-order valence-corrected chi connectivity index (χ3v) is 2.07. The van der Waals surface area contributed by atoms with Gasteiger partial charge < -0.3 is 10.9 Å². The second kappa shape index (κ2) is 4.15. The summed E-state index contributed by atoms with van der Waals surface area (Å²) in [6, 6.07) is 5.86. The fourth-order valence-electron chi connectivity index (χ4n) is 0.931. The Morgan fingerprint density at radius 1 is 1.33 bits per heavy atom. The molecule has 0 fully saturated rings. The number of amidine groups is 1. The number of anilines is 1. The third-order valence-electron chi connectivity index (χ3n) is 1.55. The summed E-state index contributed by atoms with van der Waals surface area (Å²) in [6.07, 6.45) is 0. The van der Waals surface area contributed by atoms with Crippen LogP contribution in [0.1, 0.15) is 5.56 Å². The first-order valence-electron chi connectivity index (χ1n) is 3.81. The van der Waals surface area contributed by atoms with Gasteiger partial charge in [0, 0.05) is 11.3 Å². The summed E-state index contributed by atoms with van der Waals surface area (Å²) in [5, 5.41) is 15.9. The summed E-state index contributed by atoms with van der Waals surface area (Å²) in [6.45, 7) is 0. The van der Waals surface area contributed by atoms with Crippen LogP contribution in [0.25, 0.3) is 0 Å². The van der Waals surface area contributed by atoms with Crippen LogP contribution >= 0.6 is 0 Å². The summed E-state index contributed by atoms with van der Waals surface area (Å²) in [7, 11) is -3.78. The number of nitrogens with one attached hydrogen (secondary N) is 1. The molecular weight excluding hydrogens is 220 g/mol. The van der Waals surface area contributed by atoms with Crippen LogP contribution in [0.4, 0.5) is 5.69 Å². The number of hydrogen-bond acceptors (Lipinski definition) is 4. The lowest BCUT2D eigenvalue weighted by Crippen LogP contribution is -2.21. The molecule has 0 atom stereocenters. The quantitative estimate of drug-likeness (QED) is 0.239. The Balaban J connectivity index is 2.91. The van der Waals surface area contributed by atoms with Crippen molar-refractivity contribution in [2.24, 2.45) is 16.0 Å². The summed E-state index contributed by atoms with van der Waals surface area (Å²) in [5.41, 5.74) is 6.08. The highest BCUT2D eigenvalue weighted by Crippen LogP contribution is 2.09. The molecule has 82 valence electrons. The van der Waals surface area contributed by atoms with Crippen LogP contribution in [0.3, 0.4) is 0 Å². The Morgan fingerprint density at radius 2 is 1.87 bits per heavy atom. The van der Waals surface area contributed by atoms with Crippen LogP contribution in [-0.4, -0.2) is 19.5 Å². The third kappa shape index (κ3) is 3.44. The van der Waals surface area contributed by atoms with E-state index in [1.54, 1.807) is 0 Å². The smallest absolute Gasteiger partial charge is 0.296 e. The summed E-state index contributed by atoms with van der Waals surface area (Å²) in [4.78, 5) is 0. The molecule has 1 aromatic rings. The molecule has 0 saturated carbocycles. The van der Waals surface area contributed by atoms with Gasteiger partial charge in [-0.05, 0) is 24.3 Å². The lowest BCUT2D eigenvalue weighted by molar-refractivity contribution is 0.318. The number of benzene rings is 1. The first-order chi connectivity index (χ1) is 6.92. The van der Waals surface area contributed by atoms with Gasteiger partial charge in [-0.3, -0.25) is 4.72 Å². The molecule has 15 heavy (non-hydrogen) atoms. The number of hydrogen-bond donors (Lipinski definition) is 4. The topological polar surface area (TPSA) is 131 Å². The predicted octanol–water partition coefficient (Wildman–Crippen LogP) is -0.603. The van der Waals surface area contributed by atoms with Gasteiger partial charge in [0.05, 0.1) is 0 Å². The van der Waals surface area contributed by atoms with Crippen molar-refractivity contribution in [3.63, 3.8) is 0 Å². The zero-order valence-electron chi connectivity index (χ0n) is 7.58. The Kier molecular flexibility index (Phi) is 3.12. The molecule has 1 rings (SSSR count). The first-order valence-corrected chi connectivity index (χ1v) is 5.35. The van der Waals surface area contributed by atoms with Gasteiger partial charge in [-0.2, -0.15) is 8.42 Å². The second-order valence-electron chi connectivity index (χ2n) is 2.71. The maximum absolute atomic E-state index is 10.7. The van der Waals surface area contributed by atoms with E-state index >= 15 is 0 Å². The van der Waals surface area contributed by atoms with Crippen molar-refractivity contribution in [1.29, 1.82) is 0 Å². The standard InChI is InChI=1S/C7H10N4O3S/c8-7(10-12)5-1-3-6(4-2-5)11-15(9,13)14/h1-4,11-12H,(H2,8,10)(H2,9,13,14). The second-order valence-corrected chi connectivity index (χ2v) is 4.00. The van der Waals surface area contributed by atoms with Crippen LogP contribution in [0.5, 0.6) is 0 Å². The maximum Gasteiger partial charge on any atom is 0.296 e. The monoisotopic (exact) mass is 230 g/mol. The Labute approximate surface area is 86.6 Å². The number of nitrogens with zero attached hydrogens (tertiary/aromatic N) is 1. The van der Waals surface area contributed by atoms with E-state index in [9.17, 15) is 8.42 Å². The van der Waals surface area contributed by atoms with Gasteiger partial charge in [0.15, 0.2) is 5.84 Å². The number of nitrogens with two attached hydrogens (primary N) is 2. The minimum atomic E-state index is -3.78. The van der Waals surface area contributed by atoms with E-state index in [-0.39, 0.29) is 5.84 Å². The summed E-state index contributed by atoms with van der Waals surface area (Å²) < 4.78 is 23.4. The highest BCUT2D eigenvalue weighted by Gasteiger charge is 2.03. The van der Waals surface area contributed by atoms with E-state index in [2.05, 4.69) is 9.88 Å². The molecule has 0 aliphatic rings. The fraction of sp³-hybridized carbons (Fsp3) is 0. The van der Waals surface area contributed by atoms with Gasteiger partial charge >= 0.3 is 0 Å². The lowest BCUT2D eigenvalue weighted by Gasteiger charge is -2.04. The highest BCUT2D eigenvalue weighted by atomic mass is 32.2. The van der Waals surface area contributed by atoms with Crippen molar-refractivity contribution in [2.45, 2.75) is 0 Å². The van der Waals surface area contributed by atoms with Gasteiger partial charge in [0.25, 0.3) is 10.2 Å². The van der Waals surface area contributed by atoms with E-state index in [0.717, 1.165) is 0 Å². The van der Waals surface area contributed by atoms with Crippen molar-refractivity contribution in [1.82, 2.24) is 0 Å². The molecule has 1 aromatic carbocycles. The van der Waals surface area contributed by atoms with Crippen LogP contribution in [0, 0.1) is 0 Å². The number of rotatable bonds is 3. The van der Waals surface area contributed by atoms with Crippen molar-refractivity contribution in [3.8, 4) is 0 Å². The Morgan fingerprint density at radius 3 is 2.27 bits per heavy atom. The van der Waals surface area contributed by atoms with Gasteiger partial charge in [-0.15, -0.1) is 0 Å². The SMILES string of the molecule is N/C(=N/O)c1ccc(NS(N)(=O)=O)cc1. The van der Waals surface area contributed by atoms with Crippen LogP contribution in [0.2, 0.25) is 0 Å². The normalized spacial score (nSPS) is 12.5. The molecule has 0 aliphatic carbocycles. The molecule has 0 spiro atoms. The van der Waals surface area contributed by atoms with E-state index in [0.29, 0.717) is 11.3 Å². The van der Waals surface area contributed by atoms with Gasteiger partial charge in [-0.1, -0.05) is 5.16 Å². The van der Waals surface area contributed by atoms with E-state index in [1.165, 1.54) is 24.3 Å². The zero-order valence-corrected chi connectivity index (χ0v) is 8.40. The van der Waals surface area contributed by atoms with Crippen molar-refractivity contribution in [2.75, 3.05) is 4.72 Å². The molecule has 0 amide bonds. The Hall–Kier alpha value is -1.80. The average Bonchev–Trinajstić information content (AvgIpc) is 2.15. The molecular formula is C7H10N4O3S. The van der Waals surface area contributed by atoms with Gasteiger partial charge in [0.1, 0.15) is 0 Å². The van der Waals surface area contributed by atoms with E-state index < -0.39 is 10.2 Å². The molecule has 0 aromatic heterocycles. The lowest BCUT2D eigenvalue weighted by atomic mass is 10.2. The molecule has 0 bridgehead atoms. The molecule has 8 heteroatoms. The van der Waals surface area contributed by atoms with Crippen molar-refractivity contribution >= 4 is 21.7 Å². The molecule has 7 nitrogen and oxygen atoms in total. The van der Waals surface area contributed by atoms with Crippen LogP contribution < -0.4 is 15.6 Å². The van der Waals surface area contributed by atoms with Gasteiger partial charge in [-0.25, -0.2) is 5.14 Å². The molecule has 0 radical (unpaired) electrons. The largest absolute Gasteiger partial charge is 0.409 e. The minimum Gasteiger partial charge on any atom is -0.409 e. The zero-order chi connectivity index (χ0) is 11.5. The molecule has 0 unspecified atom stereocenters. The molecule has 0 saturated heterocycles. The molecule has 6 N–H and O–H groups in total. The highest BCUT2D eigenvalue weighted by molar-refractivity contribution is 7.90. The predicted molar refractivity (Wildman–Crippen MR) is 55.7 cm³/mol. The average molecular weight is 230 g/mol. The van der Waals surface area contributed by atoms with Crippen LogP contribution in [-0.2, 0) is 10.2 Å². The number of oxime groups is 1. The minimum absolute atomic E-state index is 0.0582. The van der Waals surface area contributed by atoms with Crippen molar-refractivity contribution in [3.05, 3.63) is 29.8 Å². The first kappa shape index (κ1) is 11.3. The summed E-state index contributed by atoms with van der Waals surface area (Å²) in [5.74, 6) is -0.0582. The summed E-state index contributed by atoms with van der Waals surface area (Å²) >= 11 is 0. The van der Waals surface area contributed by atoms with E-state index in [1.807, 2.05) is 0 Å². The maximum atomic E-state index is 10.7.